The van der Waals surface area contributed by atoms with Gasteiger partial charge in [-0.25, -0.2) is 0 Å². The lowest BCUT2D eigenvalue weighted by Crippen LogP contribution is -2.08. The Bertz CT molecular complexity index is 336. The molecule has 1 aliphatic carbocycles. The number of nitrogens with two attached hydrogens (primary N) is 1. The Hall–Kier alpha value is -0.200. The normalized spacial score (nSPS) is 15.6. The summed E-state index contributed by atoms with van der Waals surface area (Å²) in [6.07, 6.45) is 5.87. The van der Waals surface area contributed by atoms with Gasteiger partial charge in [-0.1, -0.05) is 11.8 Å². The third kappa shape index (κ3) is 2.93. The van der Waals surface area contributed by atoms with Gasteiger partial charge in [-0.15, -0.1) is 10.2 Å². The number of aromatic nitrogens is 3. The molecule has 0 unspecified atom stereocenters. The highest BCUT2D eigenvalue weighted by Gasteiger charge is 2.28. The zero-order valence-electron chi connectivity index (χ0n) is 9.56. The zero-order chi connectivity index (χ0) is 11.4. The lowest BCUT2D eigenvalue weighted by atomic mass is 10.5. The van der Waals surface area contributed by atoms with Crippen molar-refractivity contribution < 1.29 is 0 Å². The summed E-state index contributed by atoms with van der Waals surface area (Å²) < 4.78 is 2.24. The predicted molar refractivity (Wildman–Crippen MR) is 69.9 cm³/mol. The fraction of sp³-hybridized carbons (Fsp3) is 0.800. The molecule has 0 aromatic carbocycles. The first-order valence-electron chi connectivity index (χ1n) is 5.62. The van der Waals surface area contributed by atoms with Crippen molar-refractivity contribution in [2.75, 3.05) is 17.8 Å². The van der Waals surface area contributed by atoms with Crippen LogP contribution in [0.3, 0.4) is 0 Å². The van der Waals surface area contributed by atoms with Crippen LogP contribution in [0.5, 0.6) is 0 Å². The fourth-order valence-corrected chi connectivity index (χ4v) is 3.19. The standard InChI is InChI=1S/C10H18N4S2/c1-15-5-2-6-16-10-13-12-9(7-11)14(10)8-3-4-8/h8H,2-7,11H2,1H3. The molecule has 4 nitrogen and oxygen atoms in total. The van der Waals surface area contributed by atoms with Crippen molar-refractivity contribution in [3.05, 3.63) is 5.82 Å². The number of hydrogen-bond acceptors (Lipinski definition) is 5. The van der Waals surface area contributed by atoms with Crippen molar-refractivity contribution in [1.29, 1.82) is 0 Å². The summed E-state index contributed by atoms with van der Waals surface area (Å²) in [5.41, 5.74) is 5.67. The minimum atomic E-state index is 0.495. The largest absolute Gasteiger partial charge is 0.324 e. The second-order valence-corrected chi connectivity index (χ2v) is 5.95. The molecule has 2 N–H and O–H groups in total. The molecule has 90 valence electrons. The molecule has 0 atom stereocenters. The van der Waals surface area contributed by atoms with Gasteiger partial charge >= 0.3 is 0 Å². The molecule has 0 spiro atoms. The topological polar surface area (TPSA) is 56.7 Å². The molecule has 6 heteroatoms. The SMILES string of the molecule is CSCCCSc1nnc(CN)n1C1CC1. The molecule has 1 aromatic heterocycles. The van der Waals surface area contributed by atoms with Crippen molar-refractivity contribution in [1.82, 2.24) is 14.8 Å². The van der Waals surface area contributed by atoms with Gasteiger partial charge in [-0.05, 0) is 31.3 Å². The van der Waals surface area contributed by atoms with E-state index in [0.29, 0.717) is 12.6 Å². The summed E-state index contributed by atoms with van der Waals surface area (Å²) in [4.78, 5) is 0. The maximum absolute atomic E-state index is 5.67. The summed E-state index contributed by atoms with van der Waals surface area (Å²) in [5.74, 6) is 3.28. The molecular weight excluding hydrogens is 240 g/mol. The van der Waals surface area contributed by atoms with E-state index in [9.17, 15) is 0 Å². The fourth-order valence-electron chi connectivity index (χ4n) is 1.61. The monoisotopic (exact) mass is 258 g/mol. The lowest BCUT2D eigenvalue weighted by Gasteiger charge is -2.06. The van der Waals surface area contributed by atoms with Gasteiger partial charge in [0.05, 0.1) is 6.54 Å². The first kappa shape index (κ1) is 12.3. The molecule has 2 rings (SSSR count). The Balaban J connectivity index is 1.94. The van der Waals surface area contributed by atoms with Gasteiger partial charge in [-0.2, -0.15) is 11.8 Å². The molecule has 1 aromatic rings. The molecule has 1 fully saturated rings. The van der Waals surface area contributed by atoms with E-state index in [1.54, 1.807) is 0 Å². The first-order chi connectivity index (χ1) is 7.86. The molecular formula is C10H18N4S2. The van der Waals surface area contributed by atoms with Crippen LogP contribution in [-0.2, 0) is 6.54 Å². The van der Waals surface area contributed by atoms with Crippen LogP contribution in [0.2, 0.25) is 0 Å². The van der Waals surface area contributed by atoms with Crippen LogP contribution < -0.4 is 5.73 Å². The molecule has 0 aliphatic heterocycles. The highest BCUT2D eigenvalue weighted by molar-refractivity contribution is 7.99. The van der Waals surface area contributed by atoms with E-state index in [-0.39, 0.29) is 0 Å². The number of rotatable bonds is 7. The summed E-state index contributed by atoms with van der Waals surface area (Å²) in [6, 6.07) is 0.622. The highest BCUT2D eigenvalue weighted by Crippen LogP contribution is 2.38. The maximum atomic E-state index is 5.67. The van der Waals surface area contributed by atoms with Crippen molar-refractivity contribution in [3.63, 3.8) is 0 Å². The molecule has 0 amide bonds. The van der Waals surface area contributed by atoms with Gasteiger partial charge in [0.25, 0.3) is 0 Å². The van der Waals surface area contributed by atoms with E-state index in [2.05, 4.69) is 21.0 Å². The van der Waals surface area contributed by atoms with Crippen LogP contribution in [0.1, 0.15) is 31.1 Å². The molecule has 1 heterocycles. The molecule has 0 saturated heterocycles. The van der Waals surface area contributed by atoms with E-state index in [1.807, 2.05) is 23.5 Å². The third-order valence-electron chi connectivity index (χ3n) is 2.55. The minimum Gasteiger partial charge on any atom is -0.324 e. The molecule has 16 heavy (non-hydrogen) atoms. The Labute approximate surface area is 105 Å². The number of nitrogens with zero attached hydrogens (tertiary/aromatic N) is 3. The van der Waals surface area contributed by atoms with Crippen LogP contribution in [0, 0.1) is 0 Å². The van der Waals surface area contributed by atoms with Crippen LogP contribution in [0.4, 0.5) is 0 Å². The van der Waals surface area contributed by atoms with Gasteiger partial charge in [-0.3, -0.25) is 0 Å². The average Bonchev–Trinajstić information content (AvgIpc) is 3.06. The summed E-state index contributed by atoms with van der Waals surface area (Å²) in [7, 11) is 0. The maximum Gasteiger partial charge on any atom is 0.191 e. The van der Waals surface area contributed by atoms with Crippen molar-refractivity contribution >= 4 is 23.5 Å². The van der Waals surface area contributed by atoms with Gasteiger partial charge in [0.2, 0.25) is 0 Å². The zero-order valence-corrected chi connectivity index (χ0v) is 11.2. The van der Waals surface area contributed by atoms with Crippen LogP contribution >= 0.6 is 23.5 Å². The predicted octanol–water partition coefficient (Wildman–Crippen LogP) is 1.92. The van der Waals surface area contributed by atoms with Crippen molar-refractivity contribution in [2.24, 2.45) is 5.73 Å². The Morgan fingerprint density at radius 3 is 2.81 bits per heavy atom. The van der Waals surface area contributed by atoms with E-state index < -0.39 is 0 Å². The van der Waals surface area contributed by atoms with E-state index in [0.717, 1.165) is 16.7 Å². The Morgan fingerprint density at radius 1 is 1.38 bits per heavy atom. The quantitative estimate of drug-likeness (QED) is 0.598. The minimum absolute atomic E-state index is 0.495. The van der Waals surface area contributed by atoms with E-state index in [1.165, 1.54) is 25.0 Å². The molecule has 0 radical (unpaired) electrons. The Morgan fingerprint density at radius 2 is 2.19 bits per heavy atom. The van der Waals surface area contributed by atoms with Gasteiger partial charge < -0.3 is 10.3 Å². The van der Waals surface area contributed by atoms with Gasteiger partial charge in [0.15, 0.2) is 5.16 Å². The average molecular weight is 258 g/mol. The van der Waals surface area contributed by atoms with Gasteiger partial charge in [0.1, 0.15) is 5.82 Å². The Kier molecular flexibility index (Phi) is 4.55. The molecule has 0 bridgehead atoms. The summed E-state index contributed by atoms with van der Waals surface area (Å²) >= 11 is 3.71. The smallest absolute Gasteiger partial charge is 0.191 e. The second-order valence-electron chi connectivity index (χ2n) is 3.90. The number of hydrogen-bond donors (Lipinski definition) is 1. The number of thioether (sulfide) groups is 2. The second kappa shape index (κ2) is 5.93. The van der Waals surface area contributed by atoms with Crippen molar-refractivity contribution in [3.8, 4) is 0 Å². The summed E-state index contributed by atoms with van der Waals surface area (Å²) in [5, 5.41) is 9.45. The van der Waals surface area contributed by atoms with Crippen molar-refractivity contribution in [2.45, 2.75) is 37.0 Å². The van der Waals surface area contributed by atoms with E-state index in [4.69, 9.17) is 5.73 Å². The molecule has 1 aliphatic rings. The highest BCUT2D eigenvalue weighted by atomic mass is 32.2. The van der Waals surface area contributed by atoms with Crippen LogP contribution in [0.15, 0.2) is 5.16 Å². The lowest BCUT2D eigenvalue weighted by molar-refractivity contribution is 0.626. The van der Waals surface area contributed by atoms with Crippen LogP contribution in [0.25, 0.3) is 0 Å². The van der Waals surface area contributed by atoms with Crippen LogP contribution in [-0.4, -0.2) is 32.5 Å². The third-order valence-corrected chi connectivity index (χ3v) is 4.28. The van der Waals surface area contributed by atoms with Gasteiger partial charge in [0, 0.05) is 11.8 Å². The molecule has 1 saturated carbocycles. The van der Waals surface area contributed by atoms with E-state index >= 15 is 0 Å². The first-order valence-corrected chi connectivity index (χ1v) is 8.00. The summed E-state index contributed by atoms with van der Waals surface area (Å²) in [6.45, 7) is 0.495.